The van der Waals surface area contributed by atoms with Gasteiger partial charge in [0.05, 0.1) is 12.4 Å². The van der Waals surface area contributed by atoms with Crippen molar-refractivity contribution in [1.82, 2.24) is 10.2 Å². The molecule has 0 saturated carbocycles. The summed E-state index contributed by atoms with van der Waals surface area (Å²) in [5.74, 6) is 0. The van der Waals surface area contributed by atoms with Crippen LogP contribution in [0.4, 0.5) is 0 Å². The smallest absolute Gasteiger partial charge is 0.0546 e. The molecule has 0 aromatic carbocycles. The number of aromatic nitrogens is 2. The van der Waals surface area contributed by atoms with E-state index < -0.39 is 0 Å². The first kappa shape index (κ1) is 7.15. The zero-order valence-electron chi connectivity index (χ0n) is 6.20. The summed E-state index contributed by atoms with van der Waals surface area (Å²) >= 11 is 0. The Hall–Kier alpha value is -0.960. The zero-order valence-corrected chi connectivity index (χ0v) is 6.20. The lowest BCUT2D eigenvalue weighted by molar-refractivity contribution is 0.789. The first-order valence-corrected chi connectivity index (χ1v) is 3.24. The fourth-order valence-corrected chi connectivity index (χ4v) is 0.869. The van der Waals surface area contributed by atoms with Crippen molar-refractivity contribution in [2.24, 2.45) is 5.73 Å². The average Bonchev–Trinajstić information content (AvgIpc) is 1.88. The molecule has 1 atom stereocenters. The van der Waals surface area contributed by atoms with Gasteiger partial charge in [0.15, 0.2) is 0 Å². The van der Waals surface area contributed by atoms with Crippen LogP contribution in [0.25, 0.3) is 0 Å². The van der Waals surface area contributed by atoms with Crippen molar-refractivity contribution in [3.8, 4) is 0 Å². The summed E-state index contributed by atoms with van der Waals surface area (Å²) in [6.07, 6.45) is 3.43. The molecule has 0 spiro atoms. The Labute approximate surface area is 60.3 Å². The monoisotopic (exact) mass is 137 g/mol. The minimum absolute atomic E-state index is 0.0514. The van der Waals surface area contributed by atoms with E-state index in [9.17, 15) is 0 Å². The van der Waals surface area contributed by atoms with Crippen LogP contribution < -0.4 is 5.73 Å². The predicted molar refractivity (Wildman–Crippen MR) is 39.4 cm³/mol. The van der Waals surface area contributed by atoms with Gasteiger partial charge in [-0.15, -0.1) is 0 Å². The van der Waals surface area contributed by atoms with E-state index in [4.69, 9.17) is 5.73 Å². The maximum atomic E-state index is 5.65. The normalized spacial score (nSPS) is 13.1. The number of hydrogen-bond acceptors (Lipinski definition) is 3. The van der Waals surface area contributed by atoms with Crippen LogP contribution in [0.15, 0.2) is 12.4 Å². The Kier molecular flexibility index (Phi) is 1.97. The van der Waals surface area contributed by atoms with Gasteiger partial charge in [-0.3, -0.25) is 0 Å². The number of aryl methyl sites for hydroxylation is 1. The van der Waals surface area contributed by atoms with Crippen molar-refractivity contribution in [2.75, 3.05) is 0 Å². The van der Waals surface area contributed by atoms with E-state index in [1.165, 1.54) is 0 Å². The summed E-state index contributed by atoms with van der Waals surface area (Å²) < 4.78 is 0. The second kappa shape index (κ2) is 2.75. The molecule has 3 heteroatoms. The van der Waals surface area contributed by atoms with Crippen LogP contribution in [0.1, 0.15) is 24.1 Å². The molecule has 0 amide bonds. The lowest BCUT2D eigenvalue weighted by Crippen LogP contribution is -2.07. The molecule has 1 rings (SSSR count). The van der Waals surface area contributed by atoms with E-state index in [0.717, 1.165) is 11.1 Å². The zero-order chi connectivity index (χ0) is 7.56. The fraction of sp³-hybridized carbons (Fsp3) is 0.429. The first-order chi connectivity index (χ1) is 4.72. The summed E-state index contributed by atoms with van der Waals surface area (Å²) in [7, 11) is 0. The van der Waals surface area contributed by atoms with Crippen LogP contribution in [-0.2, 0) is 0 Å². The topological polar surface area (TPSA) is 51.8 Å². The molecule has 0 saturated heterocycles. The van der Waals surface area contributed by atoms with E-state index in [0.29, 0.717) is 0 Å². The lowest BCUT2D eigenvalue weighted by Gasteiger charge is -2.05. The minimum atomic E-state index is 0.0514. The first-order valence-electron chi connectivity index (χ1n) is 3.24. The van der Waals surface area contributed by atoms with Gasteiger partial charge >= 0.3 is 0 Å². The summed E-state index contributed by atoms with van der Waals surface area (Å²) in [6, 6.07) is 0.0514. The summed E-state index contributed by atoms with van der Waals surface area (Å²) in [5.41, 5.74) is 7.81. The standard InChI is InChI=1S/C7H11N3/c1-5-3-9-10-4-7(5)6(2)8/h3-4,6H,8H2,1-2H3. The van der Waals surface area contributed by atoms with Crippen molar-refractivity contribution < 1.29 is 0 Å². The van der Waals surface area contributed by atoms with Crippen LogP contribution in [-0.4, -0.2) is 10.2 Å². The molecule has 1 aromatic heterocycles. The highest BCUT2D eigenvalue weighted by molar-refractivity contribution is 5.21. The molecule has 0 bridgehead atoms. The number of nitrogens with two attached hydrogens (primary N) is 1. The highest BCUT2D eigenvalue weighted by Crippen LogP contribution is 2.10. The maximum absolute atomic E-state index is 5.65. The van der Waals surface area contributed by atoms with Crippen molar-refractivity contribution in [1.29, 1.82) is 0 Å². The fourth-order valence-electron chi connectivity index (χ4n) is 0.869. The second-order valence-electron chi connectivity index (χ2n) is 2.42. The van der Waals surface area contributed by atoms with Crippen LogP contribution in [0.5, 0.6) is 0 Å². The van der Waals surface area contributed by atoms with Crippen molar-refractivity contribution in [3.63, 3.8) is 0 Å². The second-order valence-corrected chi connectivity index (χ2v) is 2.42. The third-order valence-corrected chi connectivity index (χ3v) is 1.46. The highest BCUT2D eigenvalue weighted by atomic mass is 15.1. The predicted octanol–water partition coefficient (Wildman–Crippen LogP) is 0.805. The molecule has 0 aliphatic carbocycles. The van der Waals surface area contributed by atoms with E-state index >= 15 is 0 Å². The molecular formula is C7H11N3. The molecule has 1 aromatic rings. The van der Waals surface area contributed by atoms with Gasteiger partial charge in [-0.1, -0.05) is 0 Å². The van der Waals surface area contributed by atoms with Gasteiger partial charge in [-0.2, -0.15) is 10.2 Å². The molecular weight excluding hydrogens is 126 g/mol. The van der Waals surface area contributed by atoms with Gasteiger partial charge in [0.1, 0.15) is 0 Å². The quantitative estimate of drug-likeness (QED) is 0.623. The van der Waals surface area contributed by atoms with Gasteiger partial charge in [0.2, 0.25) is 0 Å². The van der Waals surface area contributed by atoms with E-state index in [1.54, 1.807) is 12.4 Å². The molecule has 0 fully saturated rings. The van der Waals surface area contributed by atoms with E-state index in [-0.39, 0.29) is 6.04 Å². The summed E-state index contributed by atoms with van der Waals surface area (Å²) in [4.78, 5) is 0. The number of rotatable bonds is 1. The van der Waals surface area contributed by atoms with Gasteiger partial charge in [0.25, 0.3) is 0 Å². The maximum Gasteiger partial charge on any atom is 0.0546 e. The third kappa shape index (κ3) is 1.30. The Morgan fingerprint density at radius 3 is 2.40 bits per heavy atom. The van der Waals surface area contributed by atoms with Gasteiger partial charge in [0, 0.05) is 6.04 Å². The molecule has 3 nitrogen and oxygen atoms in total. The van der Waals surface area contributed by atoms with Crippen molar-refractivity contribution >= 4 is 0 Å². The van der Waals surface area contributed by atoms with Gasteiger partial charge in [-0.05, 0) is 25.0 Å². The van der Waals surface area contributed by atoms with Gasteiger partial charge in [-0.25, -0.2) is 0 Å². The third-order valence-electron chi connectivity index (χ3n) is 1.46. The van der Waals surface area contributed by atoms with Crippen LogP contribution in [0, 0.1) is 6.92 Å². The Bertz CT molecular complexity index is 220. The van der Waals surface area contributed by atoms with Crippen molar-refractivity contribution in [2.45, 2.75) is 19.9 Å². The Morgan fingerprint density at radius 1 is 1.40 bits per heavy atom. The molecule has 10 heavy (non-hydrogen) atoms. The number of hydrogen-bond donors (Lipinski definition) is 1. The van der Waals surface area contributed by atoms with Crippen LogP contribution in [0.3, 0.4) is 0 Å². The molecule has 2 N–H and O–H groups in total. The summed E-state index contributed by atoms with van der Waals surface area (Å²) in [5, 5.41) is 7.46. The van der Waals surface area contributed by atoms with Crippen molar-refractivity contribution in [3.05, 3.63) is 23.5 Å². The lowest BCUT2D eigenvalue weighted by atomic mass is 10.1. The molecule has 1 unspecified atom stereocenters. The van der Waals surface area contributed by atoms with Gasteiger partial charge < -0.3 is 5.73 Å². The molecule has 0 aliphatic heterocycles. The molecule has 0 radical (unpaired) electrons. The molecule has 0 aliphatic rings. The summed E-state index contributed by atoms with van der Waals surface area (Å²) in [6.45, 7) is 3.91. The Balaban J connectivity index is 3.03. The van der Waals surface area contributed by atoms with Crippen LogP contribution >= 0.6 is 0 Å². The highest BCUT2D eigenvalue weighted by Gasteiger charge is 2.01. The van der Waals surface area contributed by atoms with E-state index in [2.05, 4.69) is 10.2 Å². The Morgan fingerprint density at radius 2 is 2.00 bits per heavy atom. The van der Waals surface area contributed by atoms with Crippen LogP contribution in [0.2, 0.25) is 0 Å². The average molecular weight is 137 g/mol. The largest absolute Gasteiger partial charge is 0.324 e. The molecule has 1 heterocycles. The van der Waals surface area contributed by atoms with E-state index in [1.807, 2.05) is 13.8 Å². The SMILES string of the molecule is Cc1cnncc1C(C)N. The molecule has 54 valence electrons. The minimum Gasteiger partial charge on any atom is -0.324 e. The number of nitrogens with zero attached hydrogens (tertiary/aromatic N) is 2.